The van der Waals surface area contributed by atoms with Gasteiger partial charge in [-0.05, 0) is 20.4 Å². The molecule has 0 spiro atoms. The van der Waals surface area contributed by atoms with Crippen molar-refractivity contribution in [1.82, 2.24) is 14.9 Å². The molecule has 1 saturated heterocycles. The lowest BCUT2D eigenvalue weighted by atomic mass is 10.1. The van der Waals surface area contributed by atoms with E-state index in [-0.39, 0.29) is 0 Å². The highest BCUT2D eigenvalue weighted by Gasteiger charge is 2.24. The highest BCUT2D eigenvalue weighted by atomic mass is 16.5. The number of likely N-dealkylation sites (N-methyl/N-ethyl adjacent to an activating group) is 1. The van der Waals surface area contributed by atoms with Crippen LogP contribution in [0.1, 0.15) is 26.1 Å². The first-order valence-corrected chi connectivity index (χ1v) is 7.76. The van der Waals surface area contributed by atoms with Gasteiger partial charge in [0.2, 0.25) is 0 Å². The highest BCUT2D eigenvalue weighted by molar-refractivity contribution is 5.49. The van der Waals surface area contributed by atoms with Crippen molar-refractivity contribution in [2.24, 2.45) is 0 Å². The quantitative estimate of drug-likeness (QED) is 0.859. The van der Waals surface area contributed by atoms with Crippen molar-refractivity contribution < 1.29 is 4.74 Å². The van der Waals surface area contributed by atoms with Crippen LogP contribution in [-0.4, -0.2) is 61.2 Å². The molecule has 1 atom stereocenters. The molecular formula is C15H27N5O. The molecule has 0 aliphatic carbocycles. The van der Waals surface area contributed by atoms with Gasteiger partial charge >= 0.3 is 0 Å². The lowest BCUT2D eigenvalue weighted by Gasteiger charge is -2.39. The summed E-state index contributed by atoms with van der Waals surface area (Å²) in [5.74, 6) is 2.59. The second-order valence-corrected chi connectivity index (χ2v) is 5.40. The summed E-state index contributed by atoms with van der Waals surface area (Å²) >= 11 is 0. The van der Waals surface area contributed by atoms with E-state index in [0.29, 0.717) is 19.3 Å². The molecule has 0 bridgehead atoms. The minimum Gasteiger partial charge on any atom is -0.374 e. The van der Waals surface area contributed by atoms with Gasteiger partial charge in [-0.1, -0.05) is 6.92 Å². The predicted octanol–water partition coefficient (Wildman–Crippen LogP) is 1.59. The third-order valence-corrected chi connectivity index (χ3v) is 4.02. The Labute approximate surface area is 127 Å². The smallest absolute Gasteiger partial charge is 0.158 e. The fourth-order valence-electron chi connectivity index (χ4n) is 2.63. The summed E-state index contributed by atoms with van der Waals surface area (Å²) in [6.45, 7) is 8.44. The van der Waals surface area contributed by atoms with Gasteiger partial charge < -0.3 is 15.0 Å². The van der Waals surface area contributed by atoms with Crippen molar-refractivity contribution in [1.29, 1.82) is 0 Å². The lowest BCUT2D eigenvalue weighted by molar-refractivity contribution is 0.128. The lowest BCUT2D eigenvalue weighted by Crippen LogP contribution is -2.51. The fraction of sp³-hybridized carbons (Fsp3) is 0.733. The minimum absolute atomic E-state index is 0.462. The molecular weight excluding hydrogens is 266 g/mol. The number of anilines is 2. The van der Waals surface area contributed by atoms with Crippen LogP contribution in [0.4, 0.5) is 11.6 Å². The van der Waals surface area contributed by atoms with Crippen LogP contribution in [0.5, 0.6) is 0 Å². The van der Waals surface area contributed by atoms with Crippen molar-refractivity contribution >= 4 is 11.6 Å². The maximum atomic E-state index is 5.44. The predicted molar refractivity (Wildman–Crippen MR) is 85.8 cm³/mol. The molecule has 6 nitrogen and oxygen atoms in total. The normalized spacial score (nSPS) is 19.8. The van der Waals surface area contributed by atoms with Crippen LogP contribution in [0.2, 0.25) is 0 Å². The van der Waals surface area contributed by atoms with Gasteiger partial charge in [-0.2, -0.15) is 0 Å². The van der Waals surface area contributed by atoms with Crippen LogP contribution in [-0.2, 0) is 11.3 Å². The zero-order valence-corrected chi connectivity index (χ0v) is 13.6. The third kappa shape index (κ3) is 4.04. The Balaban J connectivity index is 2.17. The topological polar surface area (TPSA) is 53.5 Å². The van der Waals surface area contributed by atoms with Gasteiger partial charge in [0, 0.05) is 45.4 Å². The van der Waals surface area contributed by atoms with E-state index in [4.69, 9.17) is 4.74 Å². The van der Waals surface area contributed by atoms with E-state index >= 15 is 0 Å². The Morgan fingerprint density at radius 1 is 1.33 bits per heavy atom. The minimum atomic E-state index is 0.462. The van der Waals surface area contributed by atoms with E-state index in [0.717, 1.165) is 43.5 Å². The zero-order chi connectivity index (χ0) is 15.2. The van der Waals surface area contributed by atoms with E-state index in [1.807, 2.05) is 20.0 Å². The number of ether oxygens (including phenoxy) is 1. The summed E-state index contributed by atoms with van der Waals surface area (Å²) < 4.78 is 5.44. The molecule has 2 rings (SSSR count). The molecule has 6 heteroatoms. The average molecular weight is 293 g/mol. The number of hydrogen-bond donors (Lipinski definition) is 1. The number of hydrogen-bond acceptors (Lipinski definition) is 6. The van der Waals surface area contributed by atoms with Crippen LogP contribution < -0.4 is 10.2 Å². The molecule has 0 amide bonds. The molecule has 1 aliphatic rings. The number of aromatic nitrogens is 2. The SMILES string of the molecule is CCOCc1nc(NC)cc(N2CCN(C)C(CC)C2)n1. The van der Waals surface area contributed by atoms with Crippen molar-refractivity contribution in [2.75, 3.05) is 50.6 Å². The number of nitrogens with zero attached hydrogens (tertiary/aromatic N) is 4. The molecule has 1 aromatic rings. The maximum absolute atomic E-state index is 5.44. The van der Waals surface area contributed by atoms with Gasteiger partial charge in [0.15, 0.2) is 5.82 Å². The van der Waals surface area contributed by atoms with Crippen LogP contribution in [0.25, 0.3) is 0 Å². The van der Waals surface area contributed by atoms with Gasteiger partial charge in [0.05, 0.1) is 0 Å². The number of piperazine rings is 1. The summed E-state index contributed by atoms with van der Waals surface area (Å²) in [5, 5.41) is 3.11. The van der Waals surface area contributed by atoms with Gasteiger partial charge in [-0.25, -0.2) is 9.97 Å². The molecule has 21 heavy (non-hydrogen) atoms. The number of nitrogens with one attached hydrogen (secondary N) is 1. The summed E-state index contributed by atoms with van der Waals surface area (Å²) in [6, 6.07) is 2.61. The van der Waals surface area contributed by atoms with Crippen molar-refractivity contribution in [2.45, 2.75) is 32.9 Å². The third-order valence-electron chi connectivity index (χ3n) is 4.02. The van der Waals surface area contributed by atoms with E-state index in [9.17, 15) is 0 Å². The van der Waals surface area contributed by atoms with Crippen LogP contribution in [0.15, 0.2) is 6.07 Å². The first kappa shape index (κ1) is 16.0. The molecule has 1 fully saturated rings. The molecule has 1 unspecified atom stereocenters. The van der Waals surface area contributed by atoms with Crippen molar-refractivity contribution in [3.8, 4) is 0 Å². The summed E-state index contributed by atoms with van der Waals surface area (Å²) in [5.41, 5.74) is 0. The Morgan fingerprint density at radius 2 is 2.14 bits per heavy atom. The molecule has 0 radical (unpaired) electrons. The van der Waals surface area contributed by atoms with E-state index in [1.54, 1.807) is 0 Å². The molecule has 0 aromatic carbocycles. The van der Waals surface area contributed by atoms with Gasteiger partial charge in [0.25, 0.3) is 0 Å². The highest BCUT2D eigenvalue weighted by Crippen LogP contribution is 2.20. The summed E-state index contributed by atoms with van der Waals surface area (Å²) in [6.07, 6.45) is 1.16. The van der Waals surface area contributed by atoms with Crippen molar-refractivity contribution in [3.05, 3.63) is 11.9 Å². The Kier molecular flexibility index (Phi) is 5.76. The molecule has 2 heterocycles. The molecule has 1 aliphatic heterocycles. The average Bonchev–Trinajstić information content (AvgIpc) is 2.53. The summed E-state index contributed by atoms with van der Waals surface area (Å²) in [7, 11) is 4.08. The van der Waals surface area contributed by atoms with Gasteiger partial charge in [-0.15, -0.1) is 0 Å². The maximum Gasteiger partial charge on any atom is 0.158 e. The van der Waals surface area contributed by atoms with E-state index in [1.165, 1.54) is 0 Å². The largest absolute Gasteiger partial charge is 0.374 e. The van der Waals surface area contributed by atoms with E-state index in [2.05, 4.69) is 39.1 Å². The molecule has 118 valence electrons. The van der Waals surface area contributed by atoms with Crippen LogP contribution >= 0.6 is 0 Å². The zero-order valence-electron chi connectivity index (χ0n) is 13.6. The monoisotopic (exact) mass is 293 g/mol. The Morgan fingerprint density at radius 3 is 2.81 bits per heavy atom. The molecule has 1 aromatic heterocycles. The Hall–Kier alpha value is -1.40. The van der Waals surface area contributed by atoms with Crippen molar-refractivity contribution in [3.63, 3.8) is 0 Å². The van der Waals surface area contributed by atoms with Crippen LogP contribution in [0.3, 0.4) is 0 Å². The fourth-order valence-corrected chi connectivity index (χ4v) is 2.63. The second-order valence-electron chi connectivity index (χ2n) is 5.40. The first-order valence-electron chi connectivity index (χ1n) is 7.76. The second kappa shape index (κ2) is 7.56. The molecule has 0 saturated carbocycles. The first-order chi connectivity index (χ1) is 10.2. The van der Waals surface area contributed by atoms with E-state index < -0.39 is 0 Å². The standard InChI is InChI=1S/C15H27N5O/c1-5-12-10-20(8-7-19(12)4)15-9-13(16-3)17-14(18-15)11-21-6-2/h9,12H,5-8,10-11H2,1-4H3,(H,16,17,18). The summed E-state index contributed by atoms with van der Waals surface area (Å²) in [4.78, 5) is 13.9. The Bertz CT molecular complexity index is 454. The van der Waals surface area contributed by atoms with Crippen LogP contribution in [0, 0.1) is 0 Å². The number of rotatable bonds is 6. The van der Waals surface area contributed by atoms with Gasteiger partial charge in [-0.3, -0.25) is 4.90 Å². The van der Waals surface area contributed by atoms with Gasteiger partial charge in [0.1, 0.15) is 18.2 Å². The molecule has 1 N–H and O–H groups in total.